The van der Waals surface area contributed by atoms with Crippen LogP contribution < -0.4 is 5.56 Å². The number of nitrogens with one attached hydrogen (secondary N) is 1. The van der Waals surface area contributed by atoms with Crippen LogP contribution in [0, 0.1) is 0 Å². The zero-order valence-electron chi connectivity index (χ0n) is 7.96. The molecule has 72 valence electrons. The Bertz CT molecular complexity index is 320. The average molecular weight is 182 g/mol. The molecule has 4 nitrogen and oxygen atoms in total. The van der Waals surface area contributed by atoms with E-state index in [-0.39, 0.29) is 5.56 Å². The van der Waals surface area contributed by atoms with E-state index in [9.17, 15) is 4.79 Å². The molecule has 0 spiro atoms. The zero-order chi connectivity index (χ0) is 9.68. The van der Waals surface area contributed by atoms with Gasteiger partial charge in [-0.3, -0.25) is 4.79 Å². The number of aromatic nitrogens is 2. The molecule has 1 aromatic heterocycles. The summed E-state index contributed by atoms with van der Waals surface area (Å²) in [5, 5.41) is 0. The first-order valence-corrected chi connectivity index (χ1v) is 4.34. The molecule has 1 aromatic rings. The minimum atomic E-state index is -0.0852. The van der Waals surface area contributed by atoms with E-state index in [2.05, 4.69) is 9.97 Å². The summed E-state index contributed by atoms with van der Waals surface area (Å²) in [6.45, 7) is 2.55. The molecule has 4 heteroatoms. The van der Waals surface area contributed by atoms with Gasteiger partial charge in [-0.25, -0.2) is 4.98 Å². The van der Waals surface area contributed by atoms with Gasteiger partial charge in [-0.1, -0.05) is 6.92 Å². The van der Waals surface area contributed by atoms with Gasteiger partial charge in [0, 0.05) is 25.3 Å². The molecule has 0 aliphatic rings. The number of hydrogen-bond acceptors (Lipinski definition) is 3. The number of nitrogens with zero attached hydrogens (tertiary/aromatic N) is 1. The Morgan fingerprint density at radius 2 is 2.38 bits per heavy atom. The van der Waals surface area contributed by atoms with Gasteiger partial charge in [0.15, 0.2) is 0 Å². The maximum atomic E-state index is 11.1. The molecule has 1 heterocycles. The summed E-state index contributed by atoms with van der Waals surface area (Å²) in [7, 11) is 1.63. The minimum Gasteiger partial charge on any atom is -0.384 e. The van der Waals surface area contributed by atoms with Crippen molar-refractivity contribution in [2.45, 2.75) is 19.8 Å². The molecule has 13 heavy (non-hydrogen) atoms. The monoisotopic (exact) mass is 182 g/mol. The van der Waals surface area contributed by atoms with Gasteiger partial charge < -0.3 is 9.72 Å². The summed E-state index contributed by atoms with van der Waals surface area (Å²) >= 11 is 0. The summed E-state index contributed by atoms with van der Waals surface area (Å²) < 4.78 is 4.90. The van der Waals surface area contributed by atoms with Gasteiger partial charge in [0.25, 0.3) is 5.56 Å². The topological polar surface area (TPSA) is 55.0 Å². The Balaban J connectivity index is 2.82. The highest BCUT2D eigenvalue weighted by Gasteiger charge is 1.98. The number of ether oxygens (including phenoxy) is 1. The second-order valence-corrected chi connectivity index (χ2v) is 2.78. The van der Waals surface area contributed by atoms with Gasteiger partial charge >= 0.3 is 0 Å². The average Bonchev–Trinajstić information content (AvgIpc) is 2.14. The van der Waals surface area contributed by atoms with Crippen LogP contribution in [-0.4, -0.2) is 23.7 Å². The fourth-order valence-electron chi connectivity index (χ4n) is 1.06. The van der Waals surface area contributed by atoms with Crippen LogP contribution in [0.15, 0.2) is 10.9 Å². The Morgan fingerprint density at radius 3 is 3.00 bits per heavy atom. The lowest BCUT2D eigenvalue weighted by Crippen LogP contribution is -2.13. The number of rotatable bonds is 4. The molecule has 0 saturated carbocycles. The summed E-state index contributed by atoms with van der Waals surface area (Å²) in [4.78, 5) is 18.0. The fraction of sp³-hybridized carbons (Fsp3) is 0.556. The molecular weight excluding hydrogens is 168 g/mol. The highest BCUT2D eigenvalue weighted by molar-refractivity contribution is 5.02. The standard InChI is InChI=1S/C9H14N2O2/c1-3-7-6-9(12)11-8(10-7)4-5-13-2/h6H,3-5H2,1-2H3,(H,10,11,12). The van der Waals surface area contributed by atoms with Crippen molar-refractivity contribution >= 4 is 0 Å². The lowest BCUT2D eigenvalue weighted by Gasteiger charge is -2.01. The van der Waals surface area contributed by atoms with E-state index in [1.54, 1.807) is 7.11 Å². The van der Waals surface area contributed by atoms with Crippen LogP contribution in [0.25, 0.3) is 0 Å². The second-order valence-electron chi connectivity index (χ2n) is 2.78. The van der Waals surface area contributed by atoms with Gasteiger partial charge in [0.05, 0.1) is 6.61 Å². The smallest absolute Gasteiger partial charge is 0.251 e. The Labute approximate surface area is 77.0 Å². The normalized spacial score (nSPS) is 10.3. The van der Waals surface area contributed by atoms with Crippen LogP contribution in [-0.2, 0) is 17.6 Å². The SMILES string of the molecule is CCc1cc(=O)[nH]c(CCOC)n1. The summed E-state index contributed by atoms with van der Waals surface area (Å²) in [5.41, 5.74) is 0.743. The summed E-state index contributed by atoms with van der Waals surface area (Å²) in [6, 6.07) is 1.52. The number of hydrogen-bond donors (Lipinski definition) is 1. The van der Waals surface area contributed by atoms with Gasteiger partial charge in [0.2, 0.25) is 0 Å². The number of aromatic amines is 1. The van der Waals surface area contributed by atoms with Crippen molar-refractivity contribution in [3.05, 3.63) is 27.9 Å². The molecule has 0 aromatic carbocycles. The number of H-pyrrole nitrogens is 1. The first kappa shape index (κ1) is 9.92. The van der Waals surface area contributed by atoms with Crippen molar-refractivity contribution in [1.29, 1.82) is 0 Å². The van der Waals surface area contributed by atoms with Crippen molar-refractivity contribution in [1.82, 2.24) is 9.97 Å². The van der Waals surface area contributed by atoms with Gasteiger partial charge in [-0.15, -0.1) is 0 Å². The maximum Gasteiger partial charge on any atom is 0.251 e. The van der Waals surface area contributed by atoms with Crippen LogP contribution in [0.1, 0.15) is 18.4 Å². The predicted octanol–water partition coefficient (Wildman–Crippen LogP) is 0.521. The molecule has 0 fully saturated rings. The van der Waals surface area contributed by atoms with Crippen molar-refractivity contribution in [2.24, 2.45) is 0 Å². The molecule has 1 rings (SSSR count). The third kappa shape index (κ3) is 2.99. The largest absolute Gasteiger partial charge is 0.384 e. The number of aryl methyl sites for hydroxylation is 1. The molecule has 1 N–H and O–H groups in total. The van der Waals surface area contributed by atoms with E-state index in [4.69, 9.17) is 4.74 Å². The van der Waals surface area contributed by atoms with Gasteiger partial charge in [-0.2, -0.15) is 0 Å². The lowest BCUT2D eigenvalue weighted by molar-refractivity contribution is 0.200. The van der Waals surface area contributed by atoms with E-state index in [0.29, 0.717) is 18.9 Å². The predicted molar refractivity (Wildman–Crippen MR) is 49.8 cm³/mol. The molecule has 0 saturated heterocycles. The van der Waals surface area contributed by atoms with E-state index in [1.807, 2.05) is 6.92 Å². The van der Waals surface area contributed by atoms with Gasteiger partial charge in [0.1, 0.15) is 5.82 Å². The fourth-order valence-corrected chi connectivity index (χ4v) is 1.06. The molecule has 0 bridgehead atoms. The van der Waals surface area contributed by atoms with Crippen LogP contribution in [0.5, 0.6) is 0 Å². The van der Waals surface area contributed by atoms with E-state index in [0.717, 1.165) is 12.1 Å². The Morgan fingerprint density at radius 1 is 1.62 bits per heavy atom. The first-order chi connectivity index (χ1) is 6.26. The minimum absolute atomic E-state index is 0.0852. The highest BCUT2D eigenvalue weighted by Crippen LogP contribution is 1.94. The summed E-state index contributed by atoms with van der Waals surface area (Å²) in [5.74, 6) is 0.700. The van der Waals surface area contributed by atoms with E-state index < -0.39 is 0 Å². The zero-order valence-corrected chi connectivity index (χ0v) is 7.96. The molecule has 0 atom stereocenters. The van der Waals surface area contributed by atoms with E-state index in [1.165, 1.54) is 6.07 Å². The molecule has 0 radical (unpaired) electrons. The van der Waals surface area contributed by atoms with Crippen molar-refractivity contribution in [3.63, 3.8) is 0 Å². The highest BCUT2D eigenvalue weighted by atomic mass is 16.5. The summed E-state index contributed by atoms with van der Waals surface area (Å²) in [6.07, 6.45) is 1.43. The third-order valence-corrected chi connectivity index (χ3v) is 1.75. The Kier molecular flexibility index (Phi) is 3.64. The van der Waals surface area contributed by atoms with Crippen molar-refractivity contribution < 1.29 is 4.74 Å². The molecule has 0 aliphatic carbocycles. The first-order valence-electron chi connectivity index (χ1n) is 4.34. The van der Waals surface area contributed by atoms with Crippen LogP contribution in [0.4, 0.5) is 0 Å². The Hall–Kier alpha value is -1.16. The van der Waals surface area contributed by atoms with Crippen molar-refractivity contribution in [3.8, 4) is 0 Å². The van der Waals surface area contributed by atoms with Crippen molar-refractivity contribution in [2.75, 3.05) is 13.7 Å². The molecular formula is C9H14N2O2. The molecule has 0 unspecified atom stereocenters. The van der Waals surface area contributed by atoms with Crippen LogP contribution in [0.2, 0.25) is 0 Å². The molecule has 0 aliphatic heterocycles. The number of methoxy groups -OCH3 is 1. The van der Waals surface area contributed by atoms with Crippen LogP contribution in [0.3, 0.4) is 0 Å². The quantitative estimate of drug-likeness (QED) is 0.738. The van der Waals surface area contributed by atoms with E-state index >= 15 is 0 Å². The second kappa shape index (κ2) is 4.77. The third-order valence-electron chi connectivity index (χ3n) is 1.75. The van der Waals surface area contributed by atoms with Crippen LogP contribution >= 0.6 is 0 Å². The van der Waals surface area contributed by atoms with Gasteiger partial charge in [-0.05, 0) is 6.42 Å². The lowest BCUT2D eigenvalue weighted by atomic mass is 10.3. The molecule has 0 amide bonds. The maximum absolute atomic E-state index is 11.1.